The molecule has 1 rings (SSSR count). The predicted molar refractivity (Wildman–Crippen MR) is 63.4 cm³/mol. The van der Waals surface area contributed by atoms with Crippen LogP contribution in [-0.2, 0) is 22.1 Å². The molecule has 0 atom stereocenters. The van der Waals surface area contributed by atoms with Crippen molar-refractivity contribution < 1.29 is 22.7 Å². The first-order valence-electron chi connectivity index (χ1n) is 4.90. The predicted octanol–water partition coefficient (Wildman–Crippen LogP) is 2.73. The highest BCUT2D eigenvalue weighted by Gasteiger charge is 2.33. The van der Waals surface area contributed by atoms with Crippen LogP contribution in [-0.4, -0.2) is 19.3 Å². The summed E-state index contributed by atoms with van der Waals surface area (Å²) in [5.74, 6) is -0.524. The van der Waals surface area contributed by atoms with Crippen molar-refractivity contribution in [2.24, 2.45) is 0 Å². The molecule has 0 aliphatic rings. The molecule has 0 aliphatic carbocycles. The first-order valence-corrected chi connectivity index (χ1v) is 6.12. The van der Waals surface area contributed by atoms with Gasteiger partial charge in [0, 0.05) is 10.6 Å². The summed E-state index contributed by atoms with van der Waals surface area (Å²) in [6, 6.07) is 2.13. The van der Waals surface area contributed by atoms with Crippen LogP contribution < -0.4 is 5.73 Å². The van der Waals surface area contributed by atoms with Crippen molar-refractivity contribution in [1.82, 2.24) is 0 Å². The Morgan fingerprint density at radius 3 is 2.50 bits per heavy atom. The van der Waals surface area contributed by atoms with E-state index in [-0.39, 0.29) is 12.1 Å². The maximum absolute atomic E-state index is 12.6. The Kier molecular flexibility index (Phi) is 4.50. The molecule has 0 unspecified atom stereocenters. The topological polar surface area (TPSA) is 52.3 Å². The van der Waals surface area contributed by atoms with Crippen LogP contribution >= 0.6 is 11.8 Å². The van der Waals surface area contributed by atoms with E-state index in [0.29, 0.717) is 10.5 Å². The fourth-order valence-corrected chi connectivity index (χ4v) is 2.07. The molecule has 0 saturated carbocycles. The zero-order valence-corrected chi connectivity index (χ0v) is 10.6. The number of esters is 1. The Balaban J connectivity index is 3.23. The minimum Gasteiger partial charge on any atom is -0.469 e. The van der Waals surface area contributed by atoms with Crippen LogP contribution in [0.1, 0.15) is 11.1 Å². The van der Waals surface area contributed by atoms with Gasteiger partial charge in [-0.1, -0.05) is 0 Å². The standard InChI is InChI=1S/C11H12F3NO2S/c1-17-10(16)4-6-3-8(15)7(11(12,13)14)5-9(6)18-2/h3,5H,4,15H2,1-2H3. The molecule has 0 bridgehead atoms. The number of anilines is 1. The van der Waals surface area contributed by atoms with Gasteiger partial charge in [0.25, 0.3) is 0 Å². The second kappa shape index (κ2) is 5.51. The van der Waals surface area contributed by atoms with Gasteiger partial charge in [0.2, 0.25) is 0 Å². The number of hydrogen-bond acceptors (Lipinski definition) is 4. The van der Waals surface area contributed by atoms with Crippen molar-refractivity contribution in [1.29, 1.82) is 0 Å². The van der Waals surface area contributed by atoms with E-state index in [2.05, 4.69) is 4.74 Å². The van der Waals surface area contributed by atoms with Gasteiger partial charge in [-0.15, -0.1) is 11.8 Å². The maximum atomic E-state index is 12.6. The zero-order chi connectivity index (χ0) is 13.9. The lowest BCUT2D eigenvalue weighted by Crippen LogP contribution is -2.12. The molecule has 100 valence electrons. The summed E-state index contributed by atoms with van der Waals surface area (Å²) in [5, 5.41) is 0. The molecule has 1 aromatic rings. The second-order valence-electron chi connectivity index (χ2n) is 3.50. The van der Waals surface area contributed by atoms with Gasteiger partial charge >= 0.3 is 12.1 Å². The summed E-state index contributed by atoms with van der Waals surface area (Å²) in [6.45, 7) is 0. The fourth-order valence-electron chi connectivity index (χ4n) is 1.45. The lowest BCUT2D eigenvalue weighted by atomic mass is 10.1. The third-order valence-corrected chi connectivity index (χ3v) is 3.14. The van der Waals surface area contributed by atoms with Crippen molar-refractivity contribution in [2.75, 3.05) is 19.1 Å². The molecule has 0 spiro atoms. The third kappa shape index (κ3) is 3.32. The highest BCUT2D eigenvalue weighted by atomic mass is 32.2. The zero-order valence-electron chi connectivity index (χ0n) is 9.80. The summed E-state index contributed by atoms with van der Waals surface area (Å²) in [7, 11) is 1.22. The number of methoxy groups -OCH3 is 1. The number of benzene rings is 1. The van der Waals surface area contributed by atoms with Gasteiger partial charge in [-0.25, -0.2) is 0 Å². The molecular weight excluding hydrogens is 267 g/mol. The first kappa shape index (κ1) is 14.7. The molecule has 3 nitrogen and oxygen atoms in total. The number of rotatable bonds is 3. The van der Waals surface area contributed by atoms with Gasteiger partial charge in [0.05, 0.1) is 19.1 Å². The summed E-state index contributed by atoms with van der Waals surface area (Å²) < 4.78 is 42.4. The van der Waals surface area contributed by atoms with E-state index in [0.717, 1.165) is 17.8 Å². The van der Waals surface area contributed by atoms with Crippen molar-refractivity contribution in [3.05, 3.63) is 23.3 Å². The number of thioether (sulfide) groups is 1. The van der Waals surface area contributed by atoms with Crippen LogP contribution in [0.5, 0.6) is 0 Å². The Hall–Kier alpha value is -1.37. The van der Waals surface area contributed by atoms with Crippen LogP contribution in [0, 0.1) is 0 Å². The molecule has 0 radical (unpaired) electrons. The number of alkyl halides is 3. The normalized spacial score (nSPS) is 11.4. The summed E-state index contributed by atoms with van der Waals surface area (Å²) >= 11 is 1.12. The molecule has 18 heavy (non-hydrogen) atoms. The van der Waals surface area contributed by atoms with E-state index in [9.17, 15) is 18.0 Å². The lowest BCUT2D eigenvalue weighted by molar-refractivity contribution is -0.139. The Morgan fingerprint density at radius 2 is 2.06 bits per heavy atom. The van der Waals surface area contributed by atoms with Crippen LogP contribution in [0.3, 0.4) is 0 Å². The maximum Gasteiger partial charge on any atom is 0.418 e. The van der Waals surface area contributed by atoms with Gasteiger partial charge in [-0.2, -0.15) is 13.2 Å². The van der Waals surface area contributed by atoms with Crippen LogP contribution in [0.15, 0.2) is 17.0 Å². The SMILES string of the molecule is COC(=O)Cc1cc(N)c(C(F)(F)F)cc1SC. The summed E-state index contributed by atoms with van der Waals surface area (Å²) in [4.78, 5) is 11.5. The van der Waals surface area contributed by atoms with Gasteiger partial charge in [-0.05, 0) is 24.0 Å². The van der Waals surface area contributed by atoms with E-state index >= 15 is 0 Å². The van der Waals surface area contributed by atoms with E-state index in [1.54, 1.807) is 6.26 Å². The molecule has 0 amide bonds. The Bertz CT molecular complexity index is 460. The molecule has 1 aromatic carbocycles. The van der Waals surface area contributed by atoms with Gasteiger partial charge in [-0.3, -0.25) is 4.79 Å². The molecule has 0 saturated heterocycles. The van der Waals surface area contributed by atoms with Gasteiger partial charge in [0.1, 0.15) is 0 Å². The summed E-state index contributed by atoms with van der Waals surface area (Å²) in [6.07, 6.45) is -2.97. The Morgan fingerprint density at radius 1 is 1.44 bits per heavy atom. The quantitative estimate of drug-likeness (QED) is 0.525. The minimum absolute atomic E-state index is 0.102. The largest absolute Gasteiger partial charge is 0.469 e. The van der Waals surface area contributed by atoms with Crippen LogP contribution in [0.2, 0.25) is 0 Å². The van der Waals surface area contributed by atoms with Crippen molar-refractivity contribution >= 4 is 23.4 Å². The number of hydrogen-bond donors (Lipinski definition) is 1. The van der Waals surface area contributed by atoms with E-state index in [4.69, 9.17) is 5.73 Å². The van der Waals surface area contributed by atoms with E-state index < -0.39 is 17.7 Å². The average Bonchev–Trinajstić information content (AvgIpc) is 2.27. The number of carbonyl (C=O) groups is 1. The smallest absolute Gasteiger partial charge is 0.418 e. The lowest BCUT2D eigenvalue weighted by Gasteiger charge is -2.14. The van der Waals surface area contributed by atoms with Gasteiger partial charge < -0.3 is 10.5 Å². The molecule has 2 N–H and O–H groups in total. The van der Waals surface area contributed by atoms with Crippen molar-refractivity contribution in [3.63, 3.8) is 0 Å². The number of ether oxygens (including phenoxy) is 1. The number of halogens is 3. The van der Waals surface area contributed by atoms with E-state index in [1.807, 2.05) is 0 Å². The highest BCUT2D eigenvalue weighted by molar-refractivity contribution is 7.98. The average molecular weight is 279 g/mol. The van der Waals surface area contributed by atoms with Crippen molar-refractivity contribution in [3.8, 4) is 0 Å². The first-order chi connectivity index (χ1) is 8.29. The molecule has 0 aliphatic heterocycles. The van der Waals surface area contributed by atoms with E-state index in [1.165, 1.54) is 13.2 Å². The monoisotopic (exact) mass is 279 g/mol. The number of nitrogens with two attached hydrogens (primary N) is 1. The molecule has 0 heterocycles. The fraction of sp³-hybridized carbons (Fsp3) is 0.364. The van der Waals surface area contributed by atoms with Crippen molar-refractivity contribution in [2.45, 2.75) is 17.5 Å². The number of nitrogen functional groups attached to an aromatic ring is 1. The van der Waals surface area contributed by atoms with Gasteiger partial charge in [0.15, 0.2) is 0 Å². The molecular formula is C11H12F3NO2S. The van der Waals surface area contributed by atoms with Crippen LogP contribution in [0.25, 0.3) is 0 Å². The second-order valence-corrected chi connectivity index (χ2v) is 4.35. The van der Waals surface area contributed by atoms with Crippen LogP contribution in [0.4, 0.5) is 18.9 Å². The highest BCUT2D eigenvalue weighted by Crippen LogP contribution is 2.37. The number of carbonyl (C=O) groups excluding carboxylic acids is 1. The minimum atomic E-state index is -4.50. The third-order valence-electron chi connectivity index (χ3n) is 2.32. The molecule has 0 aromatic heterocycles. The molecule has 7 heteroatoms. The molecule has 0 fully saturated rings. The summed E-state index contributed by atoms with van der Waals surface area (Å²) in [5.41, 5.74) is 4.52. The Labute approximate surface area is 106 Å².